The third-order valence-electron chi connectivity index (χ3n) is 4.95. The van der Waals surface area contributed by atoms with Crippen molar-refractivity contribution in [2.45, 2.75) is 37.5 Å². The number of piperidine rings is 1. The van der Waals surface area contributed by atoms with Crippen LogP contribution in [0.1, 0.15) is 30.9 Å². The molecule has 0 amide bonds. The fourth-order valence-electron chi connectivity index (χ4n) is 3.59. The summed E-state index contributed by atoms with van der Waals surface area (Å²) in [6.07, 6.45) is 3.10. The maximum Gasteiger partial charge on any atom is 0.0916 e. The molecule has 0 aromatic heterocycles. The van der Waals surface area contributed by atoms with Crippen LogP contribution in [0.15, 0.2) is 30.3 Å². The zero-order valence-electron chi connectivity index (χ0n) is 12.7. The van der Waals surface area contributed by atoms with Gasteiger partial charge in [0.25, 0.3) is 0 Å². The van der Waals surface area contributed by atoms with Crippen LogP contribution in [0.3, 0.4) is 0 Å². The molecule has 1 aromatic rings. The highest BCUT2D eigenvalue weighted by Gasteiger charge is 2.30. The van der Waals surface area contributed by atoms with Gasteiger partial charge in [0.2, 0.25) is 0 Å². The van der Waals surface area contributed by atoms with E-state index in [4.69, 9.17) is 5.73 Å². The first-order valence-corrected chi connectivity index (χ1v) is 8.17. The average Bonchev–Trinajstić information content (AvgIpc) is 2.97. The van der Waals surface area contributed by atoms with Crippen LogP contribution in [0, 0.1) is 0 Å². The lowest BCUT2D eigenvalue weighted by Crippen LogP contribution is -2.46. The molecule has 2 aliphatic rings. The van der Waals surface area contributed by atoms with Crippen LogP contribution < -0.4 is 5.73 Å². The minimum atomic E-state index is -0.375. The van der Waals surface area contributed by atoms with E-state index in [0.29, 0.717) is 12.1 Å². The van der Waals surface area contributed by atoms with Gasteiger partial charge in [-0.2, -0.15) is 0 Å². The summed E-state index contributed by atoms with van der Waals surface area (Å²) in [5.74, 6) is 0. The molecule has 2 atom stereocenters. The summed E-state index contributed by atoms with van der Waals surface area (Å²) in [4.78, 5) is 5.00. The molecule has 0 bridgehead atoms. The van der Waals surface area contributed by atoms with E-state index in [1.807, 2.05) is 30.3 Å². The van der Waals surface area contributed by atoms with Crippen LogP contribution in [0.4, 0.5) is 0 Å². The third-order valence-corrected chi connectivity index (χ3v) is 4.95. The van der Waals surface area contributed by atoms with E-state index < -0.39 is 0 Å². The first-order valence-electron chi connectivity index (χ1n) is 8.17. The summed E-state index contributed by atoms with van der Waals surface area (Å²) in [6, 6.07) is 11.0. The largest absolute Gasteiger partial charge is 0.387 e. The molecule has 0 saturated carbocycles. The van der Waals surface area contributed by atoms with E-state index >= 15 is 0 Å². The van der Waals surface area contributed by atoms with Crippen molar-refractivity contribution in [3.8, 4) is 0 Å². The van der Waals surface area contributed by atoms with E-state index in [9.17, 15) is 5.11 Å². The van der Waals surface area contributed by atoms with E-state index in [1.54, 1.807) is 0 Å². The number of nitrogens with zero attached hydrogens (tertiary/aromatic N) is 2. The Balaban J connectivity index is 1.48. The van der Waals surface area contributed by atoms with Gasteiger partial charge in [-0.1, -0.05) is 30.3 Å². The summed E-state index contributed by atoms with van der Waals surface area (Å²) in [7, 11) is 0. The average molecular weight is 289 g/mol. The van der Waals surface area contributed by atoms with Gasteiger partial charge in [0, 0.05) is 25.2 Å². The SMILES string of the molecule is NC1CCN(C2CCN(CC(O)c3ccccc3)C2)CC1. The topological polar surface area (TPSA) is 52.7 Å². The minimum absolute atomic E-state index is 0.375. The number of hydrogen-bond donors (Lipinski definition) is 2. The Morgan fingerprint density at radius 2 is 1.81 bits per heavy atom. The number of aliphatic hydroxyl groups is 1. The number of nitrogens with two attached hydrogens (primary N) is 1. The van der Waals surface area contributed by atoms with Crippen LogP contribution in [-0.4, -0.2) is 59.7 Å². The summed E-state index contributed by atoms with van der Waals surface area (Å²) in [5, 5.41) is 10.3. The second-order valence-electron chi connectivity index (χ2n) is 6.50. The van der Waals surface area contributed by atoms with Crippen LogP contribution in [0.2, 0.25) is 0 Å². The first kappa shape index (κ1) is 15.0. The van der Waals surface area contributed by atoms with Gasteiger partial charge in [0.15, 0.2) is 0 Å². The van der Waals surface area contributed by atoms with Crippen LogP contribution in [-0.2, 0) is 0 Å². The lowest BCUT2D eigenvalue weighted by atomic mass is 10.0. The highest BCUT2D eigenvalue weighted by Crippen LogP contribution is 2.22. The monoisotopic (exact) mass is 289 g/mol. The van der Waals surface area contributed by atoms with E-state index in [0.717, 1.165) is 51.1 Å². The smallest absolute Gasteiger partial charge is 0.0916 e. The van der Waals surface area contributed by atoms with Gasteiger partial charge in [-0.25, -0.2) is 0 Å². The number of rotatable bonds is 4. The van der Waals surface area contributed by atoms with Crippen LogP contribution in [0.25, 0.3) is 0 Å². The van der Waals surface area contributed by atoms with Gasteiger partial charge in [0.05, 0.1) is 6.10 Å². The molecule has 3 N–H and O–H groups in total. The van der Waals surface area contributed by atoms with E-state index in [2.05, 4.69) is 9.80 Å². The number of likely N-dealkylation sites (tertiary alicyclic amines) is 2. The zero-order chi connectivity index (χ0) is 14.7. The molecule has 0 spiro atoms. The van der Waals surface area contributed by atoms with Gasteiger partial charge in [-0.3, -0.25) is 9.80 Å². The fourth-order valence-corrected chi connectivity index (χ4v) is 3.59. The number of aliphatic hydroxyl groups excluding tert-OH is 1. The van der Waals surface area contributed by atoms with Crippen molar-refractivity contribution >= 4 is 0 Å². The van der Waals surface area contributed by atoms with Crippen molar-refractivity contribution in [1.82, 2.24) is 9.80 Å². The predicted octanol–water partition coefficient (Wildman–Crippen LogP) is 1.22. The highest BCUT2D eigenvalue weighted by molar-refractivity contribution is 5.17. The predicted molar refractivity (Wildman–Crippen MR) is 85.0 cm³/mol. The van der Waals surface area contributed by atoms with Crippen LogP contribution >= 0.6 is 0 Å². The van der Waals surface area contributed by atoms with Gasteiger partial charge in [-0.15, -0.1) is 0 Å². The van der Waals surface area contributed by atoms with E-state index in [1.165, 1.54) is 6.42 Å². The van der Waals surface area contributed by atoms with Gasteiger partial charge in [-0.05, 0) is 44.5 Å². The molecule has 0 aliphatic carbocycles. The van der Waals surface area contributed by atoms with Crippen molar-refractivity contribution in [3.05, 3.63) is 35.9 Å². The lowest BCUT2D eigenvalue weighted by molar-refractivity contribution is 0.113. The molecule has 0 radical (unpaired) electrons. The highest BCUT2D eigenvalue weighted by atomic mass is 16.3. The van der Waals surface area contributed by atoms with Crippen molar-refractivity contribution in [1.29, 1.82) is 0 Å². The summed E-state index contributed by atoms with van der Waals surface area (Å²) in [5.41, 5.74) is 7.00. The number of benzene rings is 1. The van der Waals surface area contributed by atoms with Crippen molar-refractivity contribution < 1.29 is 5.11 Å². The Morgan fingerprint density at radius 1 is 1.10 bits per heavy atom. The van der Waals surface area contributed by atoms with Crippen LogP contribution in [0.5, 0.6) is 0 Å². The molecular formula is C17H27N3O. The lowest BCUT2D eigenvalue weighted by Gasteiger charge is -2.34. The Hall–Kier alpha value is -0.940. The van der Waals surface area contributed by atoms with Gasteiger partial charge in [0.1, 0.15) is 0 Å². The molecular weight excluding hydrogens is 262 g/mol. The molecule has 2 saturated heterocycles. The van der Waals surface area contributed by atoms with E-state index in [-0.39, 0.29) is 6.10 Å². The summed E-state index contributed by atoms with van der Waals surface area (Å²) in [6.45, 7) is 5.20. The molecule has 3 rings (SSSR count). The molecule has 4 heteroatoms. The number of β-amino-alcohol motifs (C(OH)–C–C–N with tert-alkyl or cyclic N) is 1. The molecule has 1 aromatic carbocycles. The molecule has 2 heterocycles. The first-order chi connectivity index (χ1) is 10.2. The second-order valence-corrected chi connectivity index (χ2v) is 6.50. The standard InChI is InChI=1S/C17H27N3O/c18-15-6-10-20(11-7-15)16-8-9-19(12-16)13-17(21)14-4-2-1-3-5-14/h1-5,15-17,21H,6-13,18H2. The van der Waals surface area contributed by atoms with Gasteiger partial charge >= 0.3 is 0 Å². The molecule has 21 heavy (non-hydrogen) atoms. The summed E-state index contributed by atoms with van der Waals surface area (Å²) < 4.78 is 0. The maximum absolute atomic E-state index is 10.3. The Labute approximate surface area is 127 Å². The van der Waals surface area contributed by atoms with Crippen molar-refractivity contribution in [2.75, 3.05) is 32.7 Å². The maximum atomic E-state index is 10.3. The minimum Gasteiger partial charge on any atom is -0.387 e. The zero-order valence-corrected chi connectivity index (χ0v) is 12.7. The fraction of sp³-hybridized carbons (Fsp3) is 0.647. The van der Waals surface area contributed by atoms with Crippen molar-refractivity contribution in [2.24, 2.45) is 5.73 Å². The Morgan fingerprint density at radius 3 is 2.52 bits per heavy atom. The third kappa shape index (κ3) is 3.83. The quantitative estimate of drug-likeness (QED) is 0.875. The second kappa shape index (κ2) is 6.88. The molecule has 2 fully saturated rings. The molecule has 2 aliphatic heterocycles. The Kier molecular flexibility index (Phi) is 4.91. The van der Waals surface area contributed by atoms with Crippen molar-refractivity contribution in [3.63, 3.8) is 0 Å². The molecule has 2 unspecified atom stereocenters. The molecule has 116 valence electrons. The number of hydrogen-bond acceptors (Lipinski definition) is 4. The molecule has 4 nitrogen and oxygen atoms in total. The Bertz CT molecular complexity index is 431. The summed E-state index contributed by atoms with van der Waals surface area (Å²) >= 11 is 0. The normalized spacial score (nSPS) is 27.0. The van der Waals surface area contributed by atoms with Gasteiger partial charge < -0.3 is 10.8 Å².